The van der Waals surface area contributed by atoms with Gasteiger partial charge < -0.3 is 14.6 Å². The number of thiazole rings is 1. The first-order valence-corrected chi connectivity index (χ1v) is 11.7. The lowest BCUT2D eigenvalue weighted by molar-refractivity contribution is -0.118. The van der Waals surface area contributed by atoms with Gasteiger partial charge in [-0.15, -0.1) is 0 Å². The molecule has 0 radical (unpaired) electrons. The zero-order valence-corrected chi connectivity index (χ0v) is 20.0. The first-order valence-electron chi connectivity index (χ1n) is 10.9. The minimum absolute atomic E-state index is 0.0954. The van der Waals surface area contributed by atoms with Crippen LogP contribution in [0.1, 0.15) is 35.7 Å². The molecule has 0 aliphatic rings. The highest BCUT2D eigenvalue weighted by Crippen LogP contribution is 2.29. The number of methoxy groups -OCH3 is 1. The van der Waals surface area contributed by atoms with Crippen molar-refractivity contribution in [3.8, 4) is 17.2 Å². The van der Waals surface area contributed by atoms with Gasteiger partial charge in [-0.3, -0.25) is 4.79 Å². The summed E-state index contributed by atoms with van der Waals surface area (Å²) in [6.45, 7) is 1.90. The molecule has 1 amide bonds. The van der Waals surface area contributed by atoms with E-state index in [1.807, 2.05) is 31.2 Å². The molecule has 4 rings (SSSR count). The van der Waals surface area contributed by atoms with Crippen LogP contribution in [0.4, 0.5) is 5.13 Å². The van der Waals surface area contributed by atoms with Crippen molar-refractivity contribution in [2.45, 2.75) is 19.8 Å². The highest BCUT2D eigenvalue weighted by Gasteiger charge is 2.19. The maximum Gasteiger partial charge on any atom is 0.343 e. The summed E-state index contributed by atoms with van der Waals surface area (Å²) in [6, 6.07) is 18.5. The molecule has 3 aromatic carbocycles. The number of rotatable bonds is 8. The third-order valence-electron chi connectivity index (χ3n) is 5.01. The van der Waals surface area contributed by atoms with Gasteiger partial charge in [-0.1, -0.05) is 30.4 Å². The van der Waals surface area contributed by atoms with Gasteiger partial charge in [0.15, 0.2) is 0 Å². The largest absolute Gasteiger partial charge is 0.507 e. The molecule has 0 fully saturated rings. The summed E-state index contributed by atoms with van der Waals surface area (Å²) in [5.41, 5.74) is 1.24. The topological polar surface area (TPSA) is 101 Å². The summed E-state index contributed by atoms with van der Waals surface area (Å²) in [4.78, 5) is 29.9. The van der Waals surface area contributed by atoms with Gasteiger partial charge in [0.1, 0.15) is 17.2 Å². The fourth-order valence-corrected chi connectivity index (χ4v) is 4.15. The zero-order chi connectivity index (χ0) is 24.8. The number of ether oxygens (including phenoxy) is 2. The third kappa shape index (κ3) is 5.64. The van der Waals surface area contributed by atoms with Gasteiger partial charge in [0.05, 0.1) is 29.1 Å². The number of phenolic OH excluding ortho intramolecular Hbond substituents is 1. The number of hydrazone groups is 1. The third-order valence-corrected chi connectivity index (χ3v) is 6.02. The Hall–Kier alpha value is -4.24. The quantitative estimate of drug-likeness (QED) is 0.154. The van der Waals surface area contributed by atoms with Crippen molar-refractivity contribution < 1.29 is 24.2 Å². The molecule has 8 nitrogen and oxygen atoms in total. The van der Waals surface area contributed by atoms with Gasteiger partial charge >= 0.3 is 5.97 Å². The number of anilines is 1. The average molecular weight is 490 g/mol. The monoisotopic (exact) mass is 489 g/mol. The van der Waals surface area contributed by atoms with Crippen molar-refractivity contribution >= 4 is 44.8 Å². The number of fused-ring (bicyclic) bond motifs is 1. The molecule has 0 saturated heterocycles. The Labute approximate surface area is 206 Å². The van der Waals surface area contributed by atoms with Crippen LogP contribution in [0.5, 0.6) is 17.2 Å². The van der Waals surface area contributed by atoms with Gasteiger partial charge in [-0.05, 0) is 61.0 Å². The van der Waals surface area contributed by atoms with Crippen LogP contribution in [0.15, 0.2) is 71.8 Å². The minimum atomic E-state index is -0.602. The Morgan fingerprint density at radius 3 is 2.54 bits per heavy atom. The van der Waals surface area contributed by atoms with Gasteiger partial charge in [0.25, 0.3) is 0 Å². The highest BCUT2D eigenvalue weighted by atomic mass is 32.1. The summed E-state index contributed by atoms with van der Waals surface area (Å²) >= 11 is 1.35. The van der Waals surface area contributed by atoms with E-state index in [9.17, 15) is 14.7 Å². The van der Waals surface area contributed by atoms with E-state index in [2.05, 4.69) is 10.1 Å². The van der Waals surface area contributed by atoms with Crippen LogP contribution in [0, 0.1) is 0 Å². The number of esters is 1. The molecule has 35 heavy (non-hydrogen) atoms. The predicted molar refractivity (Wildman–Crippen MR) is 136 cm³/mol. The summed E-state index contributed by atoms with van der Waals surface area (Å²) in [7, 11) is 1.55. The lowest BCUT2D eigenvalue weighted by atomic mass is 10.1. The van der Waals surface area contributed by atoms with E-state index < -0.39 is 5.97 Å². The molecule has 0 bridgehead atoms. The lowest BCUT2D eigenvalue weighted by Crippen LogP contribution is -2.25. The van der Waals surface area contributed by atoms with Crippen LogP contribution in [0.25, 0.3) is 10.2 Å². The number of amides is 1. The van der Waals surface area contributed by atoms with E-state index in [1.54, 1.807) is 31.4 Å². The van der Waals surface area contributed by atoms with E-state index in [0.29, 0.717) is 23.1 Å². The Balaban J connectivity index is 1.59. The second-order valence-electron chi connectivity index (χ2n) is 7.50. The first kappa shape index (κ1) is 23.9. The summed E-state index contributed by atoms with van der Waals surface area (Å²) in [6.07, 6.45) is 2.26. The molecule has 0 unspecified atom stereocenters. The fraction of sp³-hybridized carbons (Fsp3) is 0.154. The van der Waals surface area contributed by atoms with Crippen LogP contribution < -0.4 is 14.5 Å². The van der Waals surface area contributed by atoms with E-state index in [-0.39, 0.29) is 29.2 Å². The predicted octanol–water partition coefficient (Wildman–Crippen LogP) is 5.40. The average Bonchev–Trinajstić information content (AvgIpc) is 3.29. The molecule has 0 atom stereocenters. The number of phenols is 1. The summed E-state index contributed by atoms with van der Waals surface area (Å²) < 4.78 is 11.4. The van der Waals surface area contributed by atoms with Gasteiger partial charge in [-0.25, -0.2) is 9.78 Å². The van der Waals surface area contributed by atoms with Gasteiger partial charge in [-0.2, -0.15) is 10.1 Å². The molecule has 4 aromatic rings. The van der Waals surface area contributed by atoms with Crippen LogP contribution in [0.2, 0.25) is 0 Å². The number of aromatic hydroxyl groups is 1. The van der Waals surface area contributed by atoms with Crippen molar-refractivity contribution in [1.82, 2.24) is 4.98 Å². The molecule has 9 heteroatoms. The highest BCUT2D eigenvalue weighted by molar-refractivity contribution is 7.22. The van der Waals surface area contributed by atoms with Crippen molar-refractivity contribution in [2.24, 2.45) is 5.10 Å². The molecular weight excluding hydrogens is 466 g/mol. The Bertz CT molecular complexity index is 1350. The molecule has 0 spiro atoms. The molecule has 0 aliphatic carbocycles. The second kappa shape index (κ2) is 10.8. The molecule has 1 aromatic heterocycles. The normalized spacial score (nSPS) is 11.0. The van der Waals surface area contributed by atoms with E-state index >= 15 is 0 Å². The molecular formula is C26H23N3O5S. The van der Waals surface area contributed by atoms with Crippen molar-refractivity contribution in [3.05, 3.63) is 77.9 Å². The fourth-order valence-electron chi connectivity index (χ4n) is 3.21. The number of aromatic nitrogens is 1. The first-order chi connectivity index (χ1) is 17.0. The number of benzene rings is 3. The van der Waals surface area contributed by atoms with E-state index in [0.717, 1.165) is 10.2 Å². The van der Waals surface area contributed by atoms with Crippen LogP contribution in [-0.2, 0) is 4.79 Å². The minimum Gasteiger partial charge on any atom is -0.507 e. The lowest BCUT2D eigenvalue weighted by Gasteiger charge is -2.13. The Kier molecular flexibility index (Phi) is 7.37. The number of hydrogen-bond acceptors (Lipinski definition) is 8. The zero-order valence-electron chi connectivity index (χ0n) is 19.2. The standard InChI is InChI=1S/C26H23N3O5S/c1-3-6-24(31)29(26-28-21-7-4-5-8-23(21)35-26)27-16-18-15-17(9-14-22(18)30)25(32)34-20-12-10-19(33-2)11-13-20/h4-5,7-16,30H,3,6H2,1-2H3/b27-16+. The molecule has 1 N–H and O–H groups in total. The molecule has 178 valence electrons. The van der Waals surface area contributed by atoms with E-state index in [4.69, 9.17) is 9.47 Å². The van der Waals surface area contributed by atoms with E-state index in [1.165, 1.54) is 40.8 Å². The SMILES string of the molecule is CCCC(=O)N(/N=C/c1cc(C(=O)Oc2ccc(OC)cc2)ccc1O)c1nc2ccccc2s1. The number of carbonyl (C=O) groups is 2. The van der Waals surface area contributed by atoms with Crippen molar-refractivity contribution in [2.75, 3.05) is 12.1 Å². The number of para-hydroxylation sites is 1. The van der Waals surface area contributed by atoms with Crippen LogP contribution in [0.3, 0.4) is 0 Å². The van der Waals surface area contributed by atoms with Gasteiger partial charge in [0.2, 0.25) is 11.0 Å². The smallest absolute Gasteiger partial charge is 0.343 e. The van der Waals surface area contributed by atoms with Gasteiger partial charge in [0, 0.05) is 12.0 Å². The Morgan fingerprint density at radius 1 is 1.09 bits per heavy atom. The molecule has 0 aliphatic heterocycles. The molecule has 0 saturated carbocycles. The summed E-state index contributed by atoms with van der Waals surface area (Å²) in [5, 5.41) is 16.3. The number of hydrogen-bond donors (Lipinski definition) is 1. The molecule has 1 heterocycles. The summed E-state index contributed by atoms with van der Waals surface area (Å²) in [5.74, 6) is 0.0729. The van der Waals surface area contributed by atoms with Crippen molar-refractivity contribution in [1.29, 1.82) is 0 Å². The maximum absolute atomic E-state index is 12.8. The van der Waals surface area contributed by atoms with Crippen LogP contribution in [-0.4, -0.2) is 35.3 Å². The van der Waals surface area contributed by atoms with Crippen LogP contribution >= 0.6 is 11.3 Å². The van der Waals surface area contributed by atoms with Crippen molar-refractivity contribution in [3.63, 3.8) is 0 Å². The maximum atomic E-state index is 12.8. The number of carbonyl (C=O) groups excluding carboxylic acids is 2. The second-order valence-corrected chi connectivity index (χ2v) is 8.51. The number of nitrogens with zero attached hydrogens (tertiary/aromatic N) is 3. The Morgan fingerprint density at radius 2 is 1.83 bits per heavy atom.